The van der Waals surface area contributed by atoms with Gasteiger partial charge in [-0.2, -0.15) is 5.26 Å². The van der Waals surface area contributed by atoms with E-state index in [0.29, 0.717) is 6.04 Å². The molecule has 20 heavy (non-hydrogen) atoms. The third-order valence-electron chi connectivity index (χ3n) is 4.83. The second-order valence-corrected chi connectivity index (χ2v) is 6.60. The Labute approximate surface area is 125 Å². The second kappa shape index (κ2) is 8.64. The van der Waals surface area contributed by atoms with E-state index in [1.54, 1.807) is 0 Å². The first-order valence-electron chi connectivity index (χ1n) is 8.47. The summed E-state index contributed by atoms with van der Waals surface area (Å²) in [5.74, 6) is 0.830. The van der Waals surface area contributed by atoms with Crippen LogP contribution in [0.3, 0.4) is 0 Å². The maximum absolute atomic E-state index is 9.51. The van der Waals surface area contributed by atoms with E-state index >= 15 is 0 Å². The summed E-state index contributed by atoms with van der Waals surface area (Å²) in [5.41, 5.74) is -0.305. The van der Waals surface area contributed by atoms with E-state index in [4.69, 9.17) is 0 Å². The highest BCUT2D eigenvalue weighted by Crippen LogP contribution is 2.23. The minimum absolute atomic E-state index is 0.305. The van der Waals surface area contributed by atoms with Crippen LogP contribution in [0.1, 0.15) is 66.2 Å². The van der Waals surface area contributed by atoms with Crippen LogP contribution >= 0.6 is 0 Å². The molecule has 0 aromatic rings. The third kappa shape index (κ3) is 5.07. The van der Waals surface area contributed by atoms with Gasteiger partial charge < -0.3 is 4.90 Å². The maximum atomic E-state index is 9.51. The lowest BCUT2D eigenvalue weighted by atomic mass is 9.90. The molecule has 0 saturated carbocycles. The summed E-state index contributed by atoms with van der Waals surface area (Å²) in [6.07, 6.45) is 6.77. The van der Waals surface area contributed by atoms with E-state index in [0.717, 1.165) is 44.7 Å². The highest BCUT2D eigenvalue weighted by molar-refractivity contribution is 5.06. The van der Waals surface area contributed by atoms with Crippen molar-refractivity contribution in [1.29, 1.82) is 5.26 Å². The second-order valence-electron chi connectivity index (χ2n) is 6.60. The number of rotatable bonds is 8. The number of hydrogen-bond donors (Lipinski definition) is 1. The highest BCUT2D eigenvalue weighted by Gasteiger charge is 2.28. The van der Waals surface area contributed by atoms with Gasteiger partial charge in [-0.1, -0.05) is 20.8 Å². The molecule has 1 aliphatic rings. The lowest BCUT2D eigenvalue weighted by Crippen LogP contribution is -2.45. The molecule has 0 amide bonds. The molecule has 0 spiro atoms. The number of nitrogens with one attached hydrogen (secondary N) is 1. The van der Waals surface area contributed by atoms with Crippen molar-refractivity contribution < 1.29 is 0 Å². The first-order chi connectivity index (χ1) is 9.56. The molecule has 0 aromatic carbocycles. The van der Waals surface area contributed by atoms with Gasteiger partial charge in [-0.15, -0.1) is 0 Å². The Bertz CT molecular complexity index is 310. The van der Waals surface area contributed by atoms with Crippen molar-refractivity contribution in [2.45, 2.75) is 77.8 Å². The van der Waals surface area contributed by atoms with Gasteiger partial charge in [0.2, 0.25) is 0 Å². The van der Waals surface area contributed by atoms with Crippen molar-refractivity contribution in [3.8, 4) is 6.07 Å². The van der Waals surface area contributed by atoms with Gasteiger partial charge in [0.1, 0.15) is 5.54 Å². The maximum Gasteiger partial charge on any atom is 0.106 e. The number of nitriles is 1. The lowest BCUT2D eigenvalue weighted by molar-refractivity contribution is 0.120. The zero-order valence-electron chi connectivity index (χ0n) is 13.9. The number of nitrogens with zero attached hydrogens (tertiary/aromatic N) is 2. The van der Waals surface area contributed by atoms with Gasteiger partial charge >= 0.3 is 0 Å². The Balaban J connectivity index is 2.41. The van der Waals surface area contributed by atoms with Crippen molar-refractivity contribution in [2.24, 2.45) is 5.92 Å². The fraction of sp³-hybridized carbons (Fsp3) is 0.941. The van der Waals surface area contributed by atoms with Gasteiger partial charge in [-0.25, -0.2) is 0 Å². The highest BCUT2D eigenvalue weighted by atomic mass is 15.2. The first-order valence-corrected chi connectivity index (χ1v) is 8.47. The minimum atomic E-state index is -0.305. The minimum Gasteiger partial charge on any atom is -0.300 e. The fourth-order valence-electron chi connectivity index (χ4n) is 3.20. The van der Waals surface area contributed by atoms with Crippen LogP contribution in [-0.2, 0) is 0 Å². The predicted octanol–water partition coefficient (Wildman–Crippen LogP) is 3.56. The van der Waals surface area contributed by atoms with Gasteiger partial charge in [-0.05, 0) is 64.5 Å². The van der Waals surface area contributed by atoms with Crippen molar-refractivity contribution in [3.63, 3.8) is 0 Å². The lowest BCUT2D eigenvalue weighted by Gasteiger charge is -2.37. The SMILES string of the molecule is CCCNC(C#N)(CC)CCCN1CC(C)CCC1C. The predicted molar refractivity (Wildman–Crippen MR) is 85.6 cm³/mol. The summed E-state index contributed by atoms with van der Waals surface area (Å²) in [4.78, 5) is 2.62. The average molecular weight is 279 g/mol. The fourth-order valence-corrected chi connectivity index (χ4v) is 3.20. The standard InChI is InChI=1S/C17H33N3/c1-5-11-19-17(6-2,14-18)10-7-12-20-13-15(3)8-9-16(20)4/h15-16,19H,5-13H2,1-4H3. The van der Waals surface area contributed by atoms with Crippen molar-refractivity contribution >= 4 is 0 Å². The number of likely N-dealkylation sites (tertiary alicyclic amines) is 1. The Morgan fingerprint density at radius 1 is 1.30 bits per heavy atom. The quantitative estimate of drug-likeness (QED) is 0.738. The molecule has 3 unspecified atom stereocenters. The molecule has 0 bridgehead atoms. The summed E-state index contributed by atoms with van der Waals surface area (Å²) in [6, 6.07) is 3.24. The van der Waals surface area contributed by atoms with E-state index in [9.17, 15) is 5.26 Å². The zero-order valence-corrected chi connectivity index (χ0v) is 13.9. The molecule has 1 N–H and O–H groups in total. The largest absolute Gasteiger partial charge is 0.300 e. The van der Waals surface area contributed by atoms with Crippen molar-refractivity contribution in [3.05, 3.63) is 0 Å². The van der Waals surface area contributed by atoms with Crippen molar-refractivity contribution in [1.82, 2.24) is 10.2 Å². The number of piperidine rings is 1. The van der Waals surface area contributed by atoms with E-state index < -0.39 is 0 Å². The summed E-state index contributed by atoms with van der Waals surface area (Å²) in [7, 11) is 0. The molecule has 3 nitrogen and oxygen atoms in total. The summed E-state index contributed by atoms with van der Waals surface area (Å²) >= 11 is 0. The molecular weight excluding hydrogens is 246 g/mol. The molecule has 1 heterocycles. The van der Waals surface area contributed by atoms with Gasteiger partial charge in [-0.3, -0.25) is 5.32 Å². The molecule has 3 heteroatoms. The molecule has 3 atom stereocenters. The van der Waals surface area contributed by atoms with E-state index in [-0.39, 0.29) is 5.54 Å². The molecule has 1 saturated heterocycles. The van der Waals surface area contributed by atoms with Crippen LogP contribution in [0.4, 0.5) is 0 Å². The average Bonchev–Trinajstić information content (AvgIpc) is 2.46. The van der Waals surface area contributed by atoms with Crippen LogP contribution in [0, 0.1) is 17.2 Å². The van der Waals surface area contributed by atoms with E-state index in [2.05, 4.69) is 44.0 Å². The Morgan fingerprint density at radius 2 is 2.05 bits per heavy atom. The summed E-state index contributed by atoms with van der Waals surface area (Å²) in [5, 5.41) is 13.0. The molecule has 1 aliphatic heterocycles. The Kier molecular flexibility index (Phi) is 7.55. The topological polar surface area (TPSA) is 39.1 Å². The van der Waals surface area contributed by atoms with E-state index in [1.807, 2.05) is 0 Å². The smallest absolute Gasteiger partial charge is 0.106 e. The normalized spacial score (nSPS) is 26.9. The molecule has 116 valence electrons. The van der Waals surface area contributed by atoms with Gasteiger partial charge in [0.15, 0.2) is 0 Å². The third-order valence-corrected chi connectivity index (χ3v) is 4.83. The molecule has 1 fully saturated rings. The Hall–Kier alpha value is -0.590. The summed E-state index contributed by atoms with van der Waals surface area (Å²) in [6.45, 7) is 12.3. The zero-order chi connectivity index (χ0) is 15.0. The van der Waals surface area contributed by atoms with Gasteiger partial charge in [0.05, 0.1) is 6.07 Å². The summed E-state index contributed by atoms with van der Waals surface area (Å²) < 4.78 is 0. The monoisotopic (exact) mass is 279 g/mol. The van der Waals surface area contributed by atoms with Crippen LogP contribution < -0.4 is 5.32 Å². The van der Waals surface area contributed by atoms with Crippen LogP contribution in [0.25, 0.3) is 0 Å². The molecular formula is C17H33N3. The van der Waals surface area contributed by atoms with Gasteiger partial charge in [0, 0.05) is 12.6 Å². The van der Waals surface area contributed by atoms with Crippen LogP contribution in [0.2, 0.25) is 0 Å². The molecule has 0 aliphatic carbocycles. The Morgan fingerprint density at radius 3 is 2.65 bits per heavy atom. The van der Waals surface area contributed by atoms with Gasteiger partial charge in [0.25, 0.3) is 0 Å². The van der Waals surface area contributed by atoms with Crippen LogP contribution in [0.5, 0.6) is 0 Å². The molecule has 0 aromatic heterocycles. The van der Waals surface area contributed by atoms with Crippen molar-refractivity contribution in [2.75, 3.05) is 19.6 Å². The molecule has 1 rings (SSSR count). The first kappa shape index (κ1) is 17.5. The number of hydrogen-bond acceptors (Lipinski definition) is 3. The van der Waals surface area contributed by atoms with Crippen LogP contribution in [-0.4, -0.2) is 36.1 Å². The molecule has 0 radical (unpaired) electrons. The van der Waals surface area contributed by atoms with Crippen LogP contribution in [0.15, 0.2) is 0 Å². The van der Waals surface area contributed by atoms with E-state index in [1.165, 1.54) is 19.4 Å².